The molecular weight excluding hydrogens is 428 g/mol. The second-order valence-corrected chi connectivity index (χ2v) is 7.03. The number of carbonyl (C=O) groups is 2. The first-order valence-electron chi connectivity index (χ1n) is 10.9. The highest BCUT2D eigenvalue weighted by Crippen LogP contribution is 2.38. The highest BCUT2D eigenvalue weighted by atomic mass is 16.7. The minimum Gasteiger partial charge on any atom is -0.493 e. The number of benzene rings is 2. The molecule has 0 atom stereocenters. The summed E-state index contributed by atoms with van der Waals surface area (Å²) >= 11 is 0. The summed E-state index contributed by atoms with van der Waals surface area (Å²) in [6.45, 7) is 4.33. The molecule has 0 aliphatic heterocycles. The van der Waals surface area contributed by atoms with Crippen LogP contribution in [-0.2, 0) is 36.6 Å². The molecule has 0 aliphatic carbocycles. The van der Waals surface area contributed by atoms with Gasteiger partial charge in [-0.1, -0.05) is 12.1 Å². The van der Waals surface area contributed by atoms with Gasteiger partial charge in [-0.3, -0.25) is 9.59 Å². The van der Waals surface area contributed by atoms with Crippen molar-refractivity contribution < 1.29 is 38.0 Å². The number of hydrogen-bond acceptors (Lipinski definition) is 8. The average Bonchev–Trinajstić information content (AvgIpc) is 2.81. The number of esters is 2. The van der Waals surface area contributed by atoms with Gasteiger partial charge in [-0.05, 0) is 62.1 Å². The van der Waals surface area contributed by atoms with Crippen molar-refractivity contribution in [3.63, 3.8) is 0 Å². The third kappa shape index (κ3) is 8.65. The minimum absolute atomic E-state index is 0.0580. The summed E-state index contributed by atoms with van der Waals surface area (Å²) in [4.78, 5) is 23.3. The van der Waals surface area contributed by atoms with Crippen molar-refractivity contribution in [3.05, 3.63) is 47.5 Å². The zero-order valence-corrected chi connectivity index (χ0v) is 19.7. The fourth-order valence-corrected chi connectivity index (χ4v) is 3.06. The largest absolute Gasteiger partial charge is 0.493 e. The van der Waals surface area contributed by atoms with Gasteiger partial charge in [0.1, 0.15) is 0 Å². The van der Waals surface area contributed by atoms with Crippen LogP contribution in [0.25, 0.3) is 0 Å². The normalized spacial score (nSPS) is 10.4. The van der Waals surface area contributed by atoms with Crippen molar-refractivity contribution in [2.75, 3.05) is 34.2 Å². The fourth-order valence-electron chi connectivity index (χ4n) is 3.06. The van der Waals surface area contributed by atoms with Crippen LogP contribution < -0.4 is 14.2 Å². The van der Waals surface area contributed by atoms with Crippen LogP contribution in [0.5, 0.6) is 23.0 Å². The number of ether oxygens (including phenoxy) is 6. The van der Waals surface area contributed by atoms with Crippen molar-refractivity contribution in [1.82, 2.24) is 0 Å². The van der Waals surface area contributed by atoms with E-state index in [1.807, 2.05) is 24.3 Å². The Morgan fingerprint density at radius 3 is 1.79 bits per heavy atom. The number of carbonyl (C=O) groups excluding carboxylic acids is 2. The van der Waals surface area contributed by atoms with Crippen LogP contribution in [0.3, 0.4) is 0 Å². The fraction of sp³-hybridized carbons (Fsp3) is 0.440. The lowest BCUT2D eigenvalue weighted by atomic mass is 10.1. The molecule has 0 saturated carbocycles. The summed E-state index contributed by atoms with van der Waals surface area (Å²) in [5, 5.41) is 0. The minimum atomic E-state index is -0.250. The second kappa shape index (κ2) is 14.0. The van der Waals surface area contributed by atoms with Gasteiger partial charge < -0.3 is 28.4 Å². The van der Waals surface area contributed by atoms with Gasteiger partial charge in [-0.2, -0.15) is 0 Å². The Kier molecular flexibility index (Phi) is 11.0. The average molecular weight is 461 g/mol. The van der Waals surface area contributed by atoms with Crippen LogP contribution in [0.4, 0.5) is 0 Å². The zero-order chi connectivity index (χ0) is 24.1. The molecule has 0 spiro atoms. The van der Waals surface area contributed by atoms with E-state index in [-0.39, 0.29) is 31.6 Å². The van der Waals surface area contributed by atoms with Crippen LogP contribution in [-0.4, -0.2) is 46.2 Å². The van der Waals surface area contributed by atoms with E-state index in [4.69, 9.17) is 28.4 Å². The first kappa shape index (κ1) is 26.0. The van der Waals surface area contributed by atoms with Gasteiger partial charge in [0, 0.05) is 20.0 Å². The highest BCUT2D eigenvalue weighted by molar-refractivity contribution is 5.70. The van der Waals surface area contributed by atoms with Gasteiger partial charge in [0.05, 0.1) is 20.3 Å². The third-order valence-corrected chi connectivity index (χ3v) is 4.63. The third-order valence-electron chi connectivity index (χ3n) is 4.63. The molecule has 0 aliphatic rings. The number of rotatable bonds is 14. The Balaban J connectivity index is 2.20. The molecule has 0 aromatic heterocycles. The van der Waals surface area contributed by atoms with Gasteiger partial charge in [0.15, 0.2) is 29.8 Å². The predicted molar refractivity (Wildman–Crippen MR) is 122 cm³/mol. The lowest BCUT2D eigenvalue weighted by Gasteiger charge is -2.16. The molecule has 0 heterocycles. The quantitative estimate of drug-likeness (QED) is 0.302. The zero-order valence-electron chi connectivity index (χ0n) is 19.7. The van der Waals surface area contributed by atoms with Crippen LogP contribution >= 0.6 is 0 Å². The standard InChI is InChI=1S/C25H32O8/c1-5-30-24(26)13-9-18-8-12-21(22(15-18)29-4)33-23-16-19(10-14-25(27)31-6-2)7-11-20(23)32-17-28-3/h7-8,11-12,15-16H,5-6,9-10,13-14,17H2,1-4H3. The second-order valence-electron chi connectivity index (χ2n) is 7.03. The molecular formula is C25H32O8. The maximum absolute atomic E-state index is 11.7. The number of hydrogen-bond donors (Lipinski definition) is 0. The SMILES string of the molecule is CCOC(=O)CCc1ccc(Oc2cc(CCC(=O)OCC)ccc2OCOC)c(OC)c1. The van der Waals surface area contributed by atoms with Crippen LogP contribution in [0, 0.1) is 0 Å². The molecule has 8 heteroatoms. The summed E-state index contributed by atoms with van der Waals surface area (Å²) in [6.07, 6.45) is 1.59. The van der Waals surface area contributed by atoms with Gasteiger partial charge in [0.25, 0.3) is 0 Å². The summed E-state index contributed by atoms with van der Waals surface area (Å²) in [5.41, 5.74) is 1.82. The molecule has 0 unspecified atom stereocenters. The van der Waals surface area contributed by atoms with E-state index in [1.165, 1.54) is 7.11 Å². The summed E-state index contributed by atoms with van der Waals surface area (Å²) in [6, 6.07) is 10.9. The number of methoxy groups -OCH3 is 2. The van der Waals surface area contributed by atoms with Crippen molar-refractivity contribution >= 4 is 11.9 Å². The summed E-state index contributed by atoms with van der Waals surface area (Å²) in [5.74, 6) is 1.47. The van der Waals surface area contributed by atoms with E-state index < -0.39 is 0 Å². The molecule has 0 saturated heterocycles. The maximum atomic E-state index is 11.7. The van der Waals surface area contributed by atoms with Gasteiger partial charge in [-0.15, -0.1) is 0 Å². The van der Waals surface area contributed by atoms with Gasteiger partial charge in [-0.25, -0.2) is 0 Å². The first-order chi connectivity index (χ1) is 16.0. The molecule has 0 N–H and O–H groups in total. The lowest BCUT2D eigenvalue weighted by molar-refractivity contribution is -0.144. The molecule has 0 bridgehead atoms. The summed E-state index contributed by atoms with van der Waals surface area (Å²) < 4.78 is 32.3. The van der Waals surface area contributed by atoms with E-state index >= 15 is 0 Å². The van der Waals surface area contributed by atoms with Crippen molar-refractivity contribution in [1.29, 1.82) is 0 Å². The van der Waals surface area contributed by atoms with E-state index in [0.717, 1.165) is 11.1 Å². The Hall–Kier alpha value is -3.26. The van der Waals surface area contributed by atoms with Crippen molar-refractivity contribution in [2.45, 2.75) is 39.5 Å². The molecule has 0 fully saturated rings. The molecule has 0 amide bonds. The van der Waals surface area contributed by atoms with E-state index in [9.17, 15) is 9.59 Å². The maximum Gasteiger partial charge on any atom is 0.306 e. The van der Waals surface area contributed by atoms with Crippen LogP contribution in [0.2, 0.25) is 0 Å². The molecule has 2 aromatic rings. The molecule has 180 valence electrons. The molecule has 8 nitrogen and oxygen atoms in total. The Morgan fingerprint density at radius 2 is 1.27 bits per heavy atom. The van der Waals surface area contributed by atoms with E-state index in [2.05, 4.69) is 0 Å². The van der Waals surface area contributed by atoms with Crippen LogP contribution in [0.15, 0.2) is 36.4 Å². The number of aryl methyl sites for hydroxylation is 2. The van der Waals surface area contributed by atoms with Crippen molar-refractivity contribution in [2.24, 2.45) is 0 Å². The van der Waals surface area contributed by atoms with E-state index in [1.54, 1.807) is 33.1 Å². The smallest absolute Gasteiger partial charge is 0.306 e. The topological polar surface area (TPSA) is 89.5 Å². The van der Waals surface area contributed by atoms with Gasteiger partial charge in [0.2, 0.25) is 0 Å². The molecule has 33 heavy (non-hydrogen) atoms. The predicted octanol–water partition coefficient (Wildman–Crippen LogP) is 4.46. The van der Waals surface area contributed by atoms with Crippen molar-refractivity contribution in [3.8, 4) is 23.0 Å². The summed E-state index contributed by atoms with van der Waals surface area (Å²) in [7, 11) is 3.09. The van der Waals surface area contributed by atoms with Crippen LogP contribution in [0.1, 0.15) is 37.8 Å². The molecule has 0 radical (unpaired) electrons. The first-order valence-corrected chi connectivity index (χ1v) is 10.9. The Bertz CT molecular complexity index is 909. The molecule has 2 rings (SSSR count). The highest BCUT2D eigenvalue weighted by Gasteiger charge is 2.14. The lowest BCUT2D eigenvalue weighted by Crippen LogP contribution is -2.06. The Labute approximate surface area is 194 Å². The monoisotopic (exact) mass is 460 g/mol. The van der Waals surface area contributed by atoms with E-state index in [0.29, 0.717) is 49.1 Å². The Morgan fingerprint density at radius 1 is 0.727 bits per heavy atom. The molecule has 2 aromatic carbocycles. The van der Waals surface area contributed by atoms with Gasteiger partial charge >= 0.3 is 11.9 Å².